The maximum atomic E-state index is 4.74. The summed E-state index contributed by atoms with van der Waals surface area (Å²) in [6.07, 6.45) is 0. The topological polar surface area (TPSA) is 36.4 Å². The summed E-state index contributed by atoms with van der Waals surface area (Å²) in [6, 6.07) is 28.1. The monoisotopic (exact) mass is 301 g/mol. The van der Waals surface area contributed by atoms with Crippen LogP contribution in [0.2, 0.25) is 0 Å². The Hall–Kier alpha value is -3.07. The maximum Gasteiger partial charge on any atom is 0.205 e. The number of guanidine groups is 1. The highest BCUT2D eigenvalue weighted by Crippen LogP contribution is 2.18. The minimum atomic E-state index is 0.691. The molecule has 0 atom stereocenters. The van der Waals surface area contributed by atoms with Crippen LogP contribution in [0.1, 0.15) is 5.56 Å². The summed E-state index contributed by atoms with van der Waals surface area (Å²) in [6.45, 7) is 2.06. The van der Waals surface area contributed by atoms with Crippen molar-refractivity contribution in [1.29, 1.82) is 0 Å². The number of benzene rings is 3. The molecule has 0 fully saturated rings. The van der Waals surface area contributed by atoms with Crippen molar-refractivity contribution in [3.05, 3.63) is 90.5 Å². The Labute approximate surface area is 136 Å². The van der Waals surface area contributed by atoms with Gasteiger partial charge in [0.05, 0.1) is 5.69 Å². The number of hydrogen-bond donors (Lipinski definition) is 2. The van der Waals surface area contributed by atoms with Crippen LogP contribution in [0.5, 0.6) is 0 Å². The molecule has 0 amide bonds. The van der Waals surface area contributed by atoms with E-state index >= 15 is 0 Å². The van der Waals surface area contributed by atoms with E-state index in [0.29, 0.717) is 5.96 Å². The number of aryl methyl sites for hydroxylation is 1. The molecule has 0 aliphatic rings. The first-order chi connectivity index (χ1) is 11.3. The summed E-state index contributed by atoms with van der Waals surface area (Å²) >= 11 is 0. The zero-order chi connectivity index (χ0) is 15.9. The van der Waals surface area contributed by atoms with Gasteiger partial charge in [0, 0.05) is 11.4 Å². The fourth-order valence-electron chi connectivity index (χ4n) is 2.21. The van der Waals surface area contributed by atoms with Gasteiger partial charge >= 0.3 is 0 Å². The highest BCUT2D eigenvalue weighted by atomic mass is 15.2. The van der Waals surface area contributed by atoms with Gasteiger partial charge < -0.3 is 10.6 Å². The summed E-state index contributed by atoms with van der Waals surface area (Å²) < 4.78 is 0. The van der Waals surface area contributed by atoms with Crippen molar-refractivity contribution < 1.29 is 0 Å². The molecule has 0 saturated heterocycles. The SMILES string of the molecule is Cc1ccccc1N=C(Nc1ccccc1)Nc1ccccc1. The summed E-state index contributed by atoms with van der Waals surface area (Å²) in [7, 11) is 0. The molecule has 0 spiro atoms. The van der Waals surface area contributed by atoms with Crippen molar-refractivity contribution in [2.45, 2.75) is 6.92 Å². The van der Waals surface area contributed by atoms with Gasteiger partial charge in [-0.25, -0.2) is 4.99 Å². The Kier molecular flexibility index (Phi) is 4.69. The summed E-state index contributed by atoms with van der Waals surface area (Å²) in [5, 5.41) is 6.68. The van der Waals surface area contributed by atoms with Gasteiger partial charge in [-0.1, -0.05) is 54.6 Å². The van der Waals surface area contributed by atoms with E-state index in [4.69, 9.17) is 4.99 Å². The Balaban J connectivity index is 1.91. The van der Waals surface area contributed by atoms with Crippen molar-refractivity contribution in [2.24, 2.45) is 4.99 Å². The second kappa shape index (κ2) is 7.27. The average Bonchev–Trinajstić information content (AvgIpc) is 2.59. The number of nitrogens with zero attached hydrogens (tertiary/aromatic N) is 1. The molecule has 3 aromatic carbocycles. The molecule has 3 nitrogen and oxygen atoms in total. The fourth-order valence-corrected chi connectivity index (χ4v) is 2.21. The van der Waals surface area contributed by atoms with E-state index in [-0.39, 0.29) is 0 Å². The summed E-state index contributed by atoms with van der Waals surface area (Å²) in [5.74, 6) is 0.691. The molecule has 3 aromatic rings. The zero-order valence-electron chi connectivity index (χ0n) is 13.0. The summed E-state index contributed by atoms with van der Waals surface area (Å²) in [4.78, 5) is 4.74. The summed E-state index contributed by atoms with van der Waals surface area (Å²) in [5.41, 5.74) is 4.05. The smallest absolute Gasteiger partial charge is 0.205 e. The number of aliphatic imine (C=N–C) groups is 1. The first-order valence-corrected chi connectivity index (χ1v) is 7.60. The van der Waals surface area contributed by atoms with E-state index in [1.807, 2.05) is 78.9 Å². The lowest BCUT2D eigenvalue weighted by molar-refractivity contribution is 1.38. The quantitative estimate of drug-likeness (QED) is 0.515. The van der Waals surface area contributed by atoms with E-state index < -0.39 is 0 Å². The highest BCUT2D eigenvalue weighted by Gasteiger charge is 2.03. The molecule has 23 heavy (non-hydrogen) atoms. The van der Waals surface area contributed by atoms with Crippen LogP contribution in [0.4, 0.5) is 17.1 Å². The van der Waals surface area contributed by atoms with Crippen molar-refractivity contribution in [2.75, 3.05) is 10.6 Å². The number of para-hydroxylation sites is 3. The third-order valence-corrected chi connectivity index (χ3v) is 3.42. The molecule has 0 saturated carbocycles. The van der Waals surface area contributed by atoms with E-state index in [2.05, 4.69) is 23.6 Å². The third-order valence-electron chi connectivity index (χ3n) is 3.42. The molecular weight excluding hydrogens is 282 g/mol. The first-order valence-electron chi connectivity index (χ1n) is 7.60. The molecule has 0 aliphatic carbocycles. The van der Waals surface area contributed by atoms with Crippen LogP contribution >= 0.6 is 0 Å². The Morgan fingerprint density at radius 2 is 1.13 bits per heavy atom. The Bertz CT molecular complexity index is 737. The number of rotatable bonds is 3. The molecule has 0 heterocycles. The highest BCUT2D eigenvalue weighted by molar-refractivity contribution is 6.04. The van der Waals surface area contributed by atoms with Crippen molar-refractivity contribution in [3.63, 3.8) is 0 Å². The van der Waals surface area contributed by atoms with Crippen LogP contribution in [0, 0.1) is 6.92 Å². The van der Waals surface area contributed by atoms with Crippen molar-refractivity contribution >= 4 is 23.0 Å². The lowest BCUT2D eigenvalue weighted by atomic mass is 10.2. The maximum absolute atomic E-state index is 4.74. The number of nitrogens with one attached hydrogen (secondary N) is 2. The van der Waals surface area contributed by atoms with E-state index in [9.17, 15) is 0 Å². The predicted molar refractivity (Wildman–Crippen MR) is 98.4 cm³/mol. The minimum absolute atomic E-state index is 0.691. The molecular formula is C20H19N3. The van der Waals surface area contributed by atoms with Crippen LogP contribution in [-0.4, -0.2) is 5.96 Å². The van der Waals surface area contributed by atoms with Gasteiger partial charge in [-0.05, 0) is 42.8 Å². The van der Waals surface area contributed by atoms with Gasteiger partial charge in [-0.3, -0.25) is 0 Å². The zero-order valence-corrected chi connectivity index (χ0v) is 13.0. The molecule has 114 valence electrons. The average molecular weight is 301 g/mol. The van der Waals surface area contributed by atoms with Gasteiger partial charge in [0.25, 0.3) is 0 Å². The fraction of sp³-hybridized carbons (Fsp3) is 0.0500. The normalized spacial score (nSPS) is 9.96. The van der Waals surface area contributed by atoms with Crippen LogP contribution in [-0.2, 0) is 0 Å². The van der Waals surface area contributed by atoms with Gasteiger partial charge in [-0.15, -0.1) is 0 Å². The first kappa shape index (κ1) is 14.9. The van der Waals surface area contributed by atoms with Crippen LogP contribution < -0.4 is 10.6 Å². The third kappa shape index (κ3) is 4.20. The van der Waals surface area contributed by atoms with Crippen LogP contribution in [0.3, 0.4) is 0 Å². The van der Waals surface area contributed by atoms with Crippen molar-refractivity contribution in [1.82, 2.24) is 0 Å². The minimum Gasteiger partial charge on any atom is -0.326 e. The van der Waals surface area contributed by atoms with Crippen molar-refractivity contribution in [3.8, 4) is 0 Å². The number of hydrogen-bond acceptors (Lipinski definition) is 1. The molecule has 0 aromatic heterocycles. The van der Waals surface area contributed by atoms with Gasteiger partial charge in [-0.2, -0.15) is 0 Å². The van der Waals surface area contributed by atoms with Crippen LogP contribution in [0.25, 0.3) is 0 Å². The molecule has 2 N–H and O–H groups in total. The van der Waals surface area contributed by atoms with Gasteiger partial charge in [0.15, 0.2) is 0 Å². The van der Waals surface area contributed by atoms with Crippen LogP contribution in [0.15, 0.2) is 89.9 Å². The number of anilines is 2. The molecule has 0 radical (unpaired) electrons. The van der Waals surface area contributed by atoms with Gasteiger partial charge in [0.2, 0.25) is 5.96 Å². The Morgan fingerprint density at radius 1 is 0.652 bits per heavy atom. The second-order valence-corrected chi connectivity index (χ2v) is 5.23. The lowest BCUT2D eigenvalue weighted by Crippen LogP contribution is -2.21. The van der Waals surface area contributed by atoms with E-state index in [1.54, 1.807) is 0 Å². The molecule has 0 bridgehead atoms. The Morgan fingerprint density at radius 3 is 1.65 bits per heavy atom. The van der Waals surface area contributed by atoms with E-state index in [1.165, 1.54) is 0 Å². The lowest BCUT2D eigenvalue weighted by Gasteiger charge is -2.13. The van der Waals surface area contributed by atoms with E-state index in [0.717, 1.165) is 22.6 Å². The predicted octanol–water partition coefficient (Wildman–Crippen LogP) is 5.21. The molecule has 0 aliphatic heterocycles. The molecule has 3 heteroatoms. The standard InChI is InChI=1S/C20H19N3/c1-16-10-8-9-15-19(16)23-20(21-17-11-4-2-5-12-17)22-18-13-6-3-7-14-18/h2-15H,1H3,(H2,21,22,23). The van der Waals surface area contributed by atoms with Gasteiger partial charge in [0.1, 0.15) is 0 Å². The largest absolute Gasteiger partial charge is 0.326 e. The second-order valence-electron chi connectivity index (χ2n) is 5.23. The molecule has 0 unspecified atom stereocenters. The molecule has 3 rings (SSSR count).